The van der Waals surface area contributed by atoms with Gasteiger partial charge in [0.05, 0.1) is 0 Å². The molecule has 0 radical (unpaired) electrons. The lowest BCUT2D eigenvalue weighted by molar-refractivity contribution is -0.186. The second kappa shape index (κ2) is 7.36. The molecule has 0 aliphatic carbocycles. The van der Waals surface area contributed by atoms with Gasteiger partial charge >= 0.3 is 15.6 Å². The molecule has 0 spiro atoms. The predicted octanol–water partition coefficient (Wildman–Crippen LogP) is 2.10. The highest BCUT2D eigenvalue weighted by Crippen LogP contribution is 2.27. The van der Waals surface area contributed by atoms with E-state index >= 15 is 0 Å². The molecule has 1 heterocycles. The standard InChI is InChI=1S/C13H14F3NO6S/c14-13(15,16)24(19,20)23-10-6-4-9(5-7-10)12(18)17-22-11-3-1-2-8-21-11/h4-7,11H,1-3,8H2,(H,17,18). The van der Waals surface area contributed by atoms with Crippen LogP contribution in [0.15, 0.2) is 24.3 Å². The van der Waals surface area contributed by atoms with E-state index in [4.69, 9.17) is 9.57 Å². The quantitative estimate of drug-likeness (QED) is 0.486. The van der Waals surface area contributed by atoms with E-state index in [2.05, 4.69) is 9.66 Å². The summed E-state index contributed by atoms with van der Waals surface area (Å²) in [4.78, 5) is 16.9. The van der Waals surface area contributed by atoms with E-state index in [-0.39, 0.29) is 5.56 Å². The van der Waals surface area contributed by atoms with Gasteiger partial charge in [0.15, 0.2) is 6.29 Å². The van der Waals surface area contributed by atoms with Crippen LogP contribution in [0.2, 0.25) is 0 Å². The number of halogens is 3. The Morgan fingerprint density at radius 1 is 1.21 bits per heavy atom. The largest absolute Gasteiger partial charge is 0.534 e. The van der Waals surface area contributed by atoms with E-state index in [1.165, 1.54) is 0 Å². The molecular formula is C13H14F3NO6S. The summed E-state index contributed by atoms with van der Waals surface area (Å²) in [6, 6.07) is 4.05. The van der Waals surface area contributed by atoms with Crippen LogP contribution in [0.5, 0.6) is 5.75 Å². The number of carbonyl (C=O) groups excluding carboxylic acids is 1. The molecule has 0 saturated carbocycles. The Kier molecular flexibility index (Phi) is 5.67. The smallest absolute Gasteiger partial charge is 0.376 e. The molecule has 1 N–H and O–H groups in total. The highest BCUT2D eigenvalue weighted by molar-refractivity contribution is 7.88. The van der Waals surface area contributed by atoms with E-state index in [1.807, 2.05) is 0 Å². The first-order valence-corrected chi connectivity index (χ1v) is 8.28. The fraction of sp³-hybridized carbons (Fsp3) is 0.462. The van der Waals surface area contributed by atoms with Gasteiger partial charge in [-0.05, 0) is 37.1 Å². The van der Waals surface area contributed by atoms with Crippen molar-refractivity contribution in [2.24, 2.45) is 0 Å². The Bertz CT molecular complexity index is 668. The third kappa shape index (κ3) is 4.82. The van der Waals surface area contributed by atoms with Gasteiger partial charge in [-0.15, -0.1) is 0 Å². The number of nitrogens with one attached hydrogen (secondary N) is 1. The van der Waals surface area contributed by atoms with E-state index in [0.717, 1.165) is 37.1 Å². The van der Waals surface area contributed by atoms with E-state index in [9.17, 15) is 26.4 Å². The number of alkyl halides is 3. The van der Waals surface area contributed by atoms with Gasteiger partial charge in [0.2, 0.25) is 0 Å². The van der Waals surface area contributed by atoms with Gasteiger partial charge in [0, 0.05) is 18.6 Å². The average molecular weight is 369 g/mol. The SMILES string of the molecule is O=C(NOC1CCCCO1)c1ccc(OS(=O)(=O)C(F)(F)F)cc1. The Morgan fingerprint density at radius 2 is 1.88 bits per heavy atom. The first-order chi connectivity index (χ1) is 11.2. The van der Waals surface area contributed by atoms with Crippen LogP contribution in [-0.4, -0.2) is 32.7 Å². The molecule has 1 atom stereocenters. The molecule has 0 aromatic heterocycles. The highest BCUT2D eigenvalue weighted by Gasteiger charge is 2.48. The molecule has 134 valence electrons. The summed E-state index contributed by atoms with van der Waals surface area (Å²) < 4.78 is 67.5. The van der Waals surface area contributed by atoms with Crippen molar-refractivity contribution < 1.29 is 40.1 Å². The fourth-order valence-corrected chi connectivity index (χ4v) is 2.28. The number of hydroxylamine groups is 1. The van der Waals surface area contributed by atoms with Gasteiger partial charge < -0.3 is 8.92 Å². The minimum absolute atomic E-state index is 0.0440. The molecule has 7 nitrogen and oxygen atoms in total. The van der Waals surface area contributed by atoms with Gasteiger partial charge in [-0.2, -0.15) is 21.6 Å². The first kappa shape index (κ1) is 18.5. The molecule has 1 aromatic rings. The summed E-state index contributed by atoms with van der Waals surface area (Å²) in [5.41, 5.74) is -3.33. The lowest BCUT2D eigenvalue weighted by Crippen LogP contribution is -2.33. The number of carbonyl (C=O) groups is 1. The number of amides is 1. The van der Waals surface area contributed by atoms with Crippen LogP contribution in [0.25, 0.3) is 0 Å². The molecule has 2 rings (SSSR count). The van der Waals surface area contributed by atoms with Crippen LogP contribution >= 0.6 is 0 Å². The number of ether oxygens (including phenoxy) is 1. The number of benzene rings is 1. The van der Waals surface area contributed by atoms with Crippen LogP contribution < -0.4 is 9.66 Å². The molecule has 1 saturated heterocycles. The monoisotopic (exact) mass is 369 g/mol. The van der Waals surface area contributed by atoms with Gasteiger partial charge in [-0.25, -0.2) is 10.3 Å². The topological polar surface area (TPSA) is 90.9 Å². The van der Waals surface area contributed by atoms with Gasteiger partial charge in [0.1, 0.15) is 5.75 Å². The summed E-state index contributed by atoms with van der Waals surface area (Å²) in [7, 11) is -5.75. The van der Waals surface area contributed by atoms with Crippen LogP contribution in [0.1, 0.15) is 29.6 Å². The number of hydrogen-bond donors (Lipinski definition) is 1. The zero-order chi connectivity index (χ0) is 17.8. The van der Waals surface area contributed by atoms with Gasteiger partial charge in [0.25, 0.3) is 5.91 Å². The van der Waals surface area contributed by atoms with Crippen molar-refractivity contribution >= 4 is 16.0 Å². The van der Waals surface area contributed by atoms with Crippen molar-refractivity contribution in [3.8, 4) is 5.75 Å². The molecule has 1 aliphatic heterocycles. The van der Waals surface area contributed by atoms with E-state index in [0.29, 0.717) is 13.0 Å². The maximum absolute atomic E-state index is 12.2. The second-order valence-corrected chi connectivity index (χ2v) is 6.39. The Labute approximate surface area is 135 Å². The third-order valence-corrected chi connectivity index (χ3v) is 4.01. The minimum atomic E-state index is -5.75. The van der Waals surface area contributed by atoms with Crippen molar-refractivity contribution in [3.05, 3.63) is 29.8 Å². The molecule has 1 fully saturated rings. The molecule has 0 bridgehead atoms. The van der Waals surface area contributed by atoms with E-state index in [1.54, 1.807) is 0 Å². The number of hydrogen-bond acceptors (Lipinski definition) is 6. The zero-order valence-corrected chi connectivity index (χ0v) is 13.0. The normalized spacial score (nSPS) is 18.9. The zero-order valence-electron chi connectivity index (χ0n) is 12.2. The number of rotatable bonds is 5. The molecule has 1 unspecified atom stereocenters. The third-order valence-electron chi connectivity index (χ3n) is 3.03. The first-order valence-electron chi connectivity index (χ1n) is 6.87. The van der Waals surface area contributed by atoms with Crippen molar-refractivity contribution in [2.75, 3.05) is 6.61 Å². The minimum Gasteiger partial charge on any atom is -0.376 e. The van der Waals surface area contributed by atoms with Crippen LogP contribution in [0, 0.1) is 0 Å². The molecule has 1 aromatic carbocycles. The summed E-state index contributed by atoms with van der Waals surface area (Å²) >= 11 is 0. The van der Waals surface area contributed by atoms with Crippen molar-refractivity contribution in [2.45, 2.75) is 31.1 Å². The van der Waals surface area contributed by atoms with Gasteiger partial charge in [-0.1, -0.05) is 0 Å². The predicted molar refractivity (Wildman–Crippen MR) is 74.2 cm³/mol. The maximum Gasteiger partial charge on any atom is 0.534 e. The van der Waals surface area contributed by atoms with Crippen molar-refractivity contribution in [1.82, 2.24) is 5.48 Å². The fourth-order valence-electron chi connectivity index (χ4n) is 1.82. The van der Waals surface area contributed by atoms with Gasteiger partial charge in [-0.3, -0.25) is 4.79 Å². The Morgan fingerprint density at radius 3 is 2.42 bits per heavy atom. The van der Waals surface area contributed by atoms with Crippen LogP contribution in [0.3, 0.4) is 0 Å². The van der Waals surface area contributed by atoms with Crippen LogP contribution in [-0.2, 0) is 19.7 Å². The summed E-state index contributed by atoms with van der Waals surface area (Å²) in [6.07, 6.45) is 1.89. The lowest BCUT2D eigenvalue weighted by atomic mass is 10.2. The summed E-state index contributed by atoms with van der Waals surface area (Å²) in [5, 5.41) is 0. The molecular weight excluding hydrogens is 355 g/mol. The average Bonchev–Trinajstić information content (AvgIpc) is 2.53. The highest BCUT2D eigenvalue weighted by atomic mass is 32.2. The second-order valence-electron chi connectivity index (χ2n) is 4.85. The summed E-state index contributed by atoms with van der Waals surface area (Å²) in [5.74, 6) is -1.23. The Hall–Kier alpha value is -1.85. The molecule has 1 amide bonds. The summed E-state index contributed by atoms with van der Waals surface area (Å²) in [6.45, 7) is 0.528. The lowest BCUT2D eigenvalue weighted by Gasteiger charge is -2.22. The van der Waals surface area contributed by atoms with E-state index < -0.39 is 33.6 Å². The van der Waals surface area contributed by atoms with Crippen molar-refractivity contribution in [1.29, 1.82) is 0 Å². The maximum atomic E-state index is 12.2. The molecule has 1 aliphatic rings. The molecule has 24 heavy (non-hydrogen) atoms. The Balaban J connectivity index is 1.92. The molecule has 11 heteroatoms. The van der Waals surface area contributed by atoms with Crippen molar-refractivity contribution in [3.63, 3.8) is 0 Å². The van der Waals surface area contributed by atoms with Crippen LogP contribution in [0.4, 0.5) is 13.2 Å².